The molecule has 40 heavy (non-hydrogen) atoms. The van der Waals surface area contributed by atoms with E-state index >= 15 is 0 Å². The number of nitrogens with zero attached hydrogens (tertiary/aromatic N) is 6. The number of carbonyl (C=O) groups excluding carboxylic acids is 2. The number of hydrogen-bond acceptors (Lipinski definition) is 8. The fraction of sp³-hybridized carbons (Fsp3) is 0.267. The van der Waals surface area contributed by atoms with Crippen LogP contribution in [0.3, 0.4) is 0 Å². The molecule has 0 saturated carbocycles. The molecule has 10 heteroatoms. The SMILES string of the molecule is O=Cc1ccc(NNC(=O)N2CCN(c3nc(N4CCN(c5ccccc5)CC4)c4ccccc4n3)CC2)cc1. The van der Waals surface area contributed by atoms with Crippen LogP contribution < -0.4 is 25.6 Å². The van der Waals surface area contributed by atoms with Gasteiger partial charge in [0.05, 0.1) is 11.2 Å². The third kappa shape index (κ3) is 5.47. The van der Waals surface area contributed by atoms with Gasteiger partial charge in [-0.15, -0.1) is 0 Å². The topological polar surface area (TPSA) is 96.9 Å². The van der Waals surface area contributed by atoms with Crippen molar-refractivity contribution in [1.29, 1.82) is 0 Å². The van der Waals surface area contributed by atoms with Crippen molar-refractivity contribution in [3.63, 3.8) is 0 Å². The lowest BCUT2D eigenvalue weighted by Crippen LogP contribution is -2.53. The second-order valence-corrected chi connectivity index (χ2v) is 9.94. The van der Waals surface area contributed by atoms with Gasteiger partial charge in [-0.2, -0.15) is 4.98 Å². The Kier molecular flexibility index (Phi) is 7.30. The summed E-state index contributed by atoms with van der Waals surface area (Å²) in [5, 5.41) is 1.06. The maximum absolute atomic E-state index is 12.7. The molecule has 0 unspecified atom stereocenters. The van der Waals surface area contributed by atoms with Gasteiger partial charge in [-0.3, -0.25) is 15.6 Å². The van der Waals surface area contributed by atoms with E-state index in [4.69, 9.17) is 9.97 Å². The average molecular weight is 537 g/mol. The molecule has 0 aliphatic carbocycles. The molecule has 0 atom stereocenters. The molecule has 2 fully saturated rings. The first-order valence-corrected chi connectivity index (χ1v) is 13.6. The van der Waals surface area contributed by atoms with Crippen LogP contribution in [-0.2, 0) is 0 Å². The smallest absolute Gasteiger partial charge is 0.336 e. The number of para-hydroxylation sites is 2. The molecule has 3 heterocycles. The van der Waals surface area contributed by atoms with Gasteiger partial charge < -0.3 is 19.6 Å². The number of fused-ring (bicyclic) bond motifs is 1. The van der Waals surface area contributed by atoms with Gasteiger partial charge in [0.2, 0.25) is 5.95 Å². The summed E-state index contributed by atoms with van der Waals surface area (Å²) < 4.78 is 0. The number of anilines is 4. The van der Waals surface area contributed by atoms with E-state index in [1.54, 1.807) is 29.2 Å². The Labute approximate surface area is 233 Å². The maximum Gasteiger partial charge on any atom is 0.336 e. The summed E-state index contributed by atoms with van der Waals surface area (Å²) in [4.78, 5) is 42.3. The van der Waals surface area contributed by atoms with Crippen LogP contribution in [0.5, 0.6) is 0 Å². The molecule has 6 rings (SSSR count). The first kappa shape index (κ1) is 25.4. The summed E-state index contributed by atoms with van der Waals surface area (Å²) in [6.07, 6.45) is 0.788. The number of hydrogen-bond donors (Lipinski definition) is 2. The maximum atomic E-state index is 12.7. The fourth-order valence-electron chi connectivity index (χ4n) is 5.20. The minimum Gasteiger partial charge on any atom is -0.368 e. The van der Waals surface area contributed by atoms with Crippen molar-refractivity contribution in [3.05, 3.63) is 84.4 Å². The van der Waals surface area contributed by atoms with Crippen molar-refractivity contribution >= 4 is 46.4 Å². The predicted octanol–water partition coefficient (Wildman–Crippen LogP) is 3.63. The number of piperazine rings is 2. The zero-order chi connectivity index (χ0) is 27.3. The number of rotatable bonds is 6. The molecule has 2 N–H and O–H groups in total. The number of hydrazine groups is 1. The molecule has 0 radical (unpaired) electrons. The Morgan fingerprint density at radius 3 is 2.08 bits per heavy atom. The number of amides is 2. The zero-order valence-electron chi connectivity index (χ0n) is 22.2. The minimum atomic E-state index is -0.199. The Hall–Kier alpha value is -4.86. The molecule has 0 bridgehead atoms. The lowest BCUT2D eigenvalue weighted by molar-refractivity contribution is 0.112. The van der Waals surface area contributed by atoms with Crippen molar-refractivity contribution < 1.29 is 9.59 Å². The van der Waals surface area contributed by atoms with Crippen molar-refractivity contribution in [1.82, 2.24) is 20.3 Å². The Morgan fingerprint density at radius 2 is 1.35 bits per heavy atom. The number of urea groups is 1. The lowest BCUT2D eigenvalue weighted by Gasteiger charge is -2.38. The minimum absolute atomic E-state index is 0.199. The molecular weight excluding hydrogens is 504 g/mol. The standard InChI is InChI=1S/C30H32N8O2/c39-22-23-10-12-24(13-11-23)33-34-30(40)38-20-18-37(19-21-38)29-31-27-9-5-4-8-26(27)28(32-29)36-16-14-35(15-17-36)25-6-2-1-3-7-25/h1-13,22,33H,14-21H2,(H,34,40). The third-order valence-electron chi connectivity index (χ3n) is 7.48. The summed E-state index contributed by atoms with van der Waals surface area (Å²) >= 11 is 0. The molecule has 2 aliphatic rings. The summed E-state index contributed by atoms with van der Waals surface area (Å²) in [6.45, 7) is 6.02. The summed E-state index contributed by atoms with van der Waals surface area (Å²) in [5.74, 6) is 1.67. The summed E-state index contributed by atoms with van der Waals surface area (Å²) in [5.41, 5.74) is 9.12. The third-order valence-corrected chi connectivity index (χ3v) is 7.48. The monoisotopic (exact) mass is 536 g/mol. The highest BCUT2D eigenvalue weighted by atomic mass is 16.2. The lowest BCUT2D eigenvalue weighted by atomic mass is 10.2. The predicted molar refractivity (Wildman–Crippen MR) is 158 cm³/mol. The largest absolute Gasteiger partial charge is 0.368 e. The molecular formula is C30H32N8O2. The van der Waals surface area contributed by atoms with Crippen LogP contribution in [-0.4, -0.2) is 79.5 Å². The van der Waals surface area contributed by atoms with E-state index in [2.05, 4.69) is 55.9 Å². The van der Waals surface area contributed by atoms with E-state index in [0.717, 1.165) is 49.2 Å². The van der Waals surface area contributed by atoms with E-state index in [0.29, 0.717) is 43.4 Å². The molecule has 2 amide bonds. The molecule has 204 valence electrons. The second kappa shape index (κ2) is 11.5. The van der Waals surface area contributed by atoms with Crippen molar-refractivity contribution in [2.75, 3.05) is 72.5 Å². The van der Waals surface area contributed by atoms with E-state index in [1.807, 2.05) is 24.3 Å². The number of aromatic nitrogens is 2. The van der Waals surface area contributed by atoms with E-state index < -0.39 is 0 Å². The fourth-order valence-corrected chi connectivity index (χ4v) is 5.20. The first-order valence-electron chi connectivity index (χ1n) is 13.6. The Morgan fingerprint density at radius 1 is 0.700 bits per heavy atom. The first-order chi connectivity index (χ1) is 19.7. The molecule has 3 aromatic carbocycles. The molecule has 10 nitrogen and oxygen atoms in total. The number of aldehydes is 1. The van der Waals surface area contributed by atoms with Crippen LogP contribution >= 0.6 is 0 Å². The van der Waals surface area contributed by atoms with E-state index in [-0.39, 0.29) is 6.03 Å². The van der Waals surface area contributed by atoms with Crippen LogP contribution in [0.2, 0.25) is 0 Å². The molecule has 4 aromatic rings. The normalized spacial score (nSPS) is 15.7. The van der Waals surface area contributed by atoms with Gasteiger partial charge in [0.25, 0.3) is 0 Å². The molecule has 2 aliphatic heterocycles. The van der Waals surface area contributed by atoms with Gasteiger partial charge in [-0.25, -0.2) is 9.78 Å². The quantitative estimate of drug-likeness (QED) is 0.285. The molecule has 2 saturated heterocycles. The highest BCUT2D eigenvalue weighted by Gasteiger charge is 2.26. The summed E-state index contributed by atoms with van der Waals surface area (Å²) in [6, 6.07) is 25.4. The van der Waals surface area contributed by atoms with Gasteiger partial charge in [-0.1, -0.05) is 30.3 Å². The Balaban J connectivity index is 1.11. The number of nitrogens with one attached hydrogen (secondary N) is 2. The van der Waals surface area contributed by atoms with Gasteiger partial charge in [-0.05, 0) is 48.5 Å². The van der Waals surface area contributed by atoms with Gasteiger partial charge in [0.15, 0.2) is 0 Å². The van der Waals surface area contributed by atoms with E-state index in [1.165, 1.54) is 5.69 Å². The summed E-state index contributed by atoms with van der Waals surface area (Å²) in [7, 11) is 0. The number of benzene rings is 3. The van der Waals surface area contributed by atoms with Gasteiger partial charge >= 0.3 is 6.03 Å². The zero-order valence-corrected chi connectivity index (χ0v) is 22.2. The second-order valence-electron chi connectivity index (χ2n) is 9.94. The van der Waals surface area contributed by atoms with Gasteiger partial charge in [0.1, 0.15) is 12.1 Å². The highest BCUT2D eigenvalue weighted by Crippen LogP contribution is 2.28. The van der Waals surface area contributed by atoms with Gasteiger partial charge in [0, 0.05) is 69.0 Å². The van der Waals surface area contributed by atoms with Crippen molar-refractivity contribution in [2.24, 2.45) is 0 Å². The Bertz CT molecular complexity index is 1460. The van der Waals surface area contributed by atoms with E-state index in [9.17, 15) is 9.59 Å². The highest BCUT2D eigenvalue weighted by molar-refractivity contribution is 5.90. The molecule has 1 aromatic heterocycles. The van der Waals surface area contributed by atoms with Crippen LogP contribution in [0, 0.1) is 0 Å². The van der Waals surface area contributed by atoms with Crippen LogP contribution in [0.25, 0.3) is 10.9 Å². The van der Waals surface area contributed by atoms with Crippen molar-refractivity contribution in [2.45, 2.75) is 0 Å². The van der Waals surface area contributed by atoms with Crippen LogP contribution in [0.1, 0.15) is 10.4 Å². The average Bonchev–Trinajstić information content (AvgIpc) is 3.04. The van der Waals surface area contributed by atoms with Crippen LogP contribution in [0.4, 0.5) is 27.9 Å². The number of carbonyl (C=O) groups is 2. The van der Waals surface area contributed by atoms with Crippen LogP contribution in [0.15, 0.2) is 78.9 Å². The molecule has 0 spiro atoms. The van der Waals surface area contributed by atoms with Crippen molar-refractivity contribution in [3.8, 4) is 0 Å².